The van der Waals surface area contributed by atoms with E-state index in [1.54, 1.807) is 0 Å². The summed E-state index contributed by atoms with van der Waals surface area (Å²) in [6.07, 6.45) is 11.8. The predicted octanol–water partition coefficient (Wildman–Crippen LogP) is 6.69. The Hall–Kier alpha value is -3.05. The van der Waals surface area contributed by atoms with E-state index in [0.29, 0.717) is 11.6 Å². The van der Waals surface area contributed by atoms with E-state index in [1.807, 2.05) is 18.2 Å². The second-order valence-electron chi connectivity index (χ2n) is 10.0. The van der Waals surface area contributed by atoms with Gasteiger partial charge in [0.2, 0.25) is 0 Å². The maximum Gasteiger partial charge on any atom is 0.255 e. The van der Waals surface area contributed by atoms with Crippen LogP contribution >= 0.6 is 0 Å². The molecule has 5 rings (SSSR count). The van der Waals surface area contributed by atoms with Crippen LogP contribution in [0.15, 0.2) is 54.7 Å². The Morgan fingerprint density at radius 3 is 2.66 bits per heavy atom. The average Bonchev–Trinajstić information content (AvgIpc) is 3.31. The van der Waals surface area contributed by atoms with Gasteiger partial charge in [0, 0.05) is 65.3 Å². The molecule has 1 unspecified atom stereocenters. The van der Waals surface area contributed by atoms with E-state index in [0.717, 1.165) is 50.1 Å². The van der Waals surface area contributed by atoms with Crippen LogP contribution in [0.25, 0.3) is 16.5 Å². The van der Waals surface area contributed by atoms with Crippen molar-refractivity contribution in [1.82, 2.24) is 9.88 Å². The van der Waals surface area contributed by atoms with Gasteiger partial charge in [-0.15, -0.1) is 0 Å². The minimum absolute atomic E-state index is 0.0692. The number of fused-ring (bicyclic) bond motifs is 2. The summed E-state index contributed by atoms with van der Waals surface area (Å²) in [6, 6.07) is 14.8. The summed E-state index contributed by atoms with van der Waals surface area (Å²) in [6.45, 7) is 8.75. The van der Waals surface area contributed by atoms with E-state index < -0.39 is 0 Å². The quantitative estimate of drug-likeness (QED) is 0.386. The number of hydrogen-bond acceptors (Lipinski definition) is 3. The average molecular weight is 471 g/mol. The summed E-state index contributed by atoms with van der Waals surface area (Å²) in [4.78, 5) is 21.5. The van der Waals surface area contributed by atoms with Crippen molar-refractivity contribution in [2.75, 3.05) is 36.4 Å². The van der Waals surface area contributed by atoms with E-state index in [1.165, 1.54) is 48.0 Å². The fraction of sp³-hybridized carbons (Fsp3) is 0.433. The zero-order valence-electron chi connectivity index (χ0n) is 21.1. The number of carbonyl (C=O) groups excluding carboxylic acids is 1. The molecule has 1 amide bonds. The molecule has 1 saturated heterocycles. The molecule has 0 bridgehead atoms. The number of nitrogens with zero attached hydrogens (tertiary/aromatic N) is 2. The Labute approximate surface area is 209 Å². The van der Waals surface area contributed by atoms with Crippen molar-refractivity contribution in [2.24, 2.45) is 0 Å². The number of amides is 1. The number of nitrogens with one attached hydrogen (secondary N) is 2. The van der Waals surface area contributed by atoms with Gasteiger partial charge in [0.15, 0.2) is 0 Å². The number of rotatable bonds is 8. The number of carbonyl (C=O) groups is 1. The summed E-state index contributed by atoms with van der Waals surface area (Å²) >= 11 is 0. The van der Waals surface area contributed by atoms with Gasteiger partial charge in [-0.25, -0.2) is 0 Å². The van der Waals surface area contributed by atoms with Crippen molar-refractivity contribution >= 4 is 33.8 Å². The van der Waals surface area contributed by atoms with Crippen molar-refractivity contribution < 1.29 is 4.79 Å². The second kappa shape index (κ2) is 10.7. The molecule has 3 heterocycles. The van der Waals surface area contributed by atoms with Crippen molar-refractivity contribution in [3.05, 3.63) is 65.9 Å². The summed E-state index contributed by atoms with van der Waals surface area (Å²) in [5, 5.41) is 4.30. The first-order chi connectivity index (χ1) is 17.2. The number of hydrogen-bond donors (Lipinski definition) is 2. The van der Waals surface area contributed by atoms with Gasteiger partial charge in [-0.05, 0) is 86.7 Å². The van der Waals surface area contributed by atoms with Crippen LogP contribution in [0.3, 0.4) is 0 Å². The van der Waals surface area contributed by atoms with Crippen LogP contribution in [-0.4, -0.2) is 48.0 Å². The van der Waals surface area contributed by atoms with Crippen molar-refractivity contribution in [2.45, 2.75) is 58.4 Å². The Morgan fingerprint density at radius 1 is 1.09 bits per heavy atom. The van der Waals surface area contributed by atoms with Crippen LogP contribution in [-0.2, 0) is 0 Å². The lowest BCUT2D eigenvalue weighted by molar-refractivity contribution is 0.102. The molecule has 2 aliphatic rings. The molecule has 5 heteroatoms. The number of anilines is 2. The van der Waals surface area contributed by atoms with Crippen LogP contribution in [0.4, 0.5) is 11.4 Å². The molecular weight excluding hydrogens is 432 g/mol. The standard InChI is InChI=1S/C30H38N4O/c1-3-15-33(16-4-2)25-11-8-22(9-12-25)30(35)32-24-10-13-29-27(20-24)28(21-31-29)23-14-18-34-17-6-5-7-26(34)19-23/h8-14,20-21,26,31H,3-7,15-19H2,1-2H3,(H,32,35). The molecule has 1 fully saturated rings. The lowest BCUT2D eigenvalue weighted by atomic mass is 9.89. The van der Waals surface area contributed by atoms with E-state index >= 15 is 0 Å². The molecular formula is C30H38N4O. The highest BCUT2D eigenvalue weighted by molar-refractivity contribution is 6.06. The molecule has 3 aromatic rings. The SMILES string of the molecule is CCCN(CCC)c1ccc(C(=O)Nc2ccc3[nH]cc(C4=CCN5CCCCC5C4)c3c2)cc1. The molecule has 0 spiro atoms. The topological polar surface area (TPSA) is 51.4 Å². The monoisotopic (exact) mass is 470 g/mol. The van der Waals surface area contributed by atoms with Crippen LogP contribution in [0.2, 0.25) is 0 Å². The lowest BCUT2D eigenvalue weighted by Gasteiger charge is -2.38. The first kappa shape index (κ1) is 23.7. The number of aromatic nitrogens is 1. The third-order valence-electron chi connectivity index (χ3n) is 7.54. The Morgan fingerprint density at radius 2 is 1.89 bits per heavy atom. The number of H-pyrrole nitrogens is 1. The van der Waals surface area contributed by atoms with Crippen LogP contribution < -0.4 is 10.2 Å². The lowest BCUT2D eigenvalue weighted by Crippen LogP contribution is -2.41. The maximum atomic E-state index is 13.0. The Kier molecular flexibility index (Phi) is 7.24. The highest BCUT2D eigenvalue weighted by Crippen LogP contribution is 2.35. The molecule has 0 aliphatic carbocycles. The largest absolute Gasteiger partial charge is 0.372 e. The van der Waals surface area contributed by atoms with E-state index in [2.05, 4.69) is 70.5 Å². The first-order valence-electron chi connectivity index (χ1n) is 13.4. The minimum Gasteiger partial charge on any atom is -0.372 e. The minimum atomic E-state index is -0.0692. The molecule has 1 aromatic heterocycles. The molecule has 2 aromatic carbocycles. The van der Waals surface area contributed by atoms with Gasteiger partial charge in [0.25, 0.3) is 5.91 Å². The zero-order chi connectivity index (χ0) is 24.2. The second-order valence-corrected chi connectivity index (χ2v) is 10.0. The van der Waals surface area contributed by atoms with Crippen LogP contribution in [0.1, 0.15) is 68.3 Å². The van der Waals surface area contributed by atoms with E-state index in [-0.39, 0.29) is 5.91 Å². The normalized spacial score (nSPS) is 18.2. The molecule has 5 nitrogen and oxygen atoms in total. The zero-order valence-corrected chi connectivity index (χ0v) is 21.1. The first-order valence-corrected chi connectivity index (χ1v) is 13.4. The van der Waals surface area contributed by atoms with Gasteiger partial charge in [-0.2, -0.15) is 0 Å². The van der Waals surface area contributed by atoms with Crippen LogP contribution in [0, 0.1) is 0 Å². The number of benzene rings is 2. The number of piperidine rings is 1. The Balaban J connectivity index is 1.32. The third kappa shape index (κ3) is 5.15. The van der Waals surface area contributed by atoms with E-state index in [4.69, 9.17) is 0 Å². The van der Waals surface area contributed by atoms with Gasteiger partial charge in [-0.1, -0.05) is 26.3 Å². The number of aromatic amines is 1. The maximum absolute atomic E-state index is 13.0. The molecule has 2 aliphatic heterocycles. The Bertz CT molecular complexity index is 1190. The van der Waals surface area contributed by atoms with Gasteiger partial charge < -0.3 is 15.2 Å². The van der Waals surface area contributed by atoms with Crippen LogP contribution in [0.5, 0.6) is 0 Å². The van der Waals surface area contributed by atoms with Gasteiger partial charge >= 0.3 is 0 Å². The van der Waals surface area contributed by atoms with Crippen molar-refractivity contribution in [1.29, 1.82) is 0 Å². The van der Waals surface area contributed by atoms with Crippen molar-refractivity contribution in [3.63, 3.8) is 0 Å². The summed E-state index contributed by atoms with van der Waals surface area (Å²) in [5.74, 6) is -0.0692. The predicted molar refractivity (Wildman–Crippen MR) is 147 cm³/mol. The van der Waals surface area contributed by atoms with Crippen molar-refractivity contribution in [3.8, 4) is 0 Å². The molecule has 0 radical (unpaired) electrons. The summed E-state index contributed by atoms with van der Waals surface area (Å²) < 4.78 is 0. The highest BCUT2D eigenvalue weighted by Gasteiger charge is 2.27. The van der Waals surface area contributed by atoms with Gasteiger partial charge in [-0.3, -0.25) is 9.69 Å². The third-order valence-corrected chi connectivity index (χ3v) is 7.54. The van der Waals surface area contributed by atoms with Gasteiger partial charge in [0.1, 0.15) is 0 Å². The summed E-state index contributed by atoms with van der Waals surface area (Å²) in [5.41, 5.74) is 6.52. The molecule has 35 heavy (non-hydrogen) atoms. The molecule has 184 valence electrons. The fourth-order valence-electron chi connectivity index (χ4n) is 5.72. The highest BCUT2D eigenvalue weighted by atomic mass is 16.1. The molecule has 0 saturated carbocycles. The molecule has 1 atom stereocenters. The fourth-order valence-corrected chi connectivity index (χ4v) is 5.72. The summed E-state index contributed by atoms with van der Waals surface area (Å²) in [7, 11) is 0. The van der Waals surface area contributed by atoms with E-state index in [9.17, 15) is 4.79 Å². The molecule has 2 N–H and O–H groups in total. The van der Waals surface area contributed by atoms with Gasteiger partial charge in [0.05, 0.1) is 0 Å². The smallest absolute Gasteiger partial charge is 0.255 e.